The van der Waals surface area contributed by atoms with Crippen LogP contribution >= 0.6 is 27.5 Å². The molecule has 25 heavy (non-hydrogen) atoms. The first-order valence-corrected chi connectivity index (χ1v) is 8.93. The summed E-state index contributed by atoms with van der Waals surface area (Å²) >= 11 is 9.13. The number of H-pyrrole nitrogens is 1. The third-order valence-corrected chi connectivity index (χ3v) is 5.88. The van der Waals surface area contributed by atoms with E-state index in [0.29, 0.717) is 21.6 Å². The summed E-state index contributed by atoms with van der Waals surface area (Å²) in [6, 6.07) is 3.47. The number of rotatable bonds is 1. The highest BCUT2D eigenvalue weighted by Crippen LogP contribution is 2.42. The fourth-order valence-corrected chi connectivity index (χ4v) is 4.09. The van der Waals surface area contributed by atoms with Gasteiger partial charge in [0.2, 0.25) is 0 Å². The Morgan fingerprint density at radius 2 is 2.20 bits per heavy atom. The zero-order valence-electron chi connectivity index (χ0n) is 12.9. The first-order chi connectivity index (χ1) is 11.9. The summed E-state index contributed by atoms with van der Waals surface area (Å²) in [6.45, 7) is 0. The monoisotopic (exact) mass is 426 g/mol. The molecule has 0 radical (unpaired) electrons. The van der Waals surface area contributed by atoms with Crippen LogP contribution < -0.4 is 10.9 Å². The van der Waals surface area contributed by atoms with Crippen molar-refractivity contribution < 1.29 is 9.18 Å². The van der Waals surface area contributed by atoms with Crippen LogP contribution in [0.5, 0.6) is 0 Å². The average Bonchev–Trinajstić information content (AvgIpc) is 2.88. The van der Waals surface area contributed by atoms with Crippen molar-refractivity contribution in [3.63, 3.8) is 0 Å². The highest BCUT2D eigenvalue weighted by molar-refractivity contribution is 9.10. The smallest absolute Gasteiger partial charge is 0.313 e. The second-order valence-electron chi connectivity index (χ2n) is 6.18. The Balaban J connectivity index is 1.63. The predicted octanol–water partition coefficient (Wildman–Crippen LogP) is 3.62. The van der Waals surface area contributed by atoms with Gasteiger partial charge in [0.25, 0.3) is 5.56 Å². The zero-order valence-corrected chi connectivity index (χ0v) is 15.2. The van der Waals surface area contributed by atoms with Gasteiger partial charge in [-0.05, 0) is 52.9 Å². The molecule has 1 fully saturated rings. The normalized spacial score (nSPS) is 21.2. The van der Waals surface area contributed by atoms with E-state index >= 15 is 0 Å². The van der Waals surface area contributed by atoms with Crippen LogP contribution in [0.4, 0.5) is 14.9 Å². The molecule has 3 heterocycles. The summed E-state index contributed by atoms with van der Waals surface area (Å²) in [7, 11) is 0. The van der Waals surface area contributed by atoms with Crippen molar-refractivity contribution >= 4 is 39.2 Å². The van der Waals surface area contributed by atoms with Gasteiger partial charge in [-0.15, -0.1) is 0 Å². The summed E-state index contributed by atoms with van der Waals surface area (Å²) < 4.78 is 14.5. The number of hydrogen-bond acceptors (Lipinski definition) is 3. The molecule has 0 saturated carbocycles. The Morgan fingerprint density at radius 3 is 3.00 bits per heavy atom. The van der Waals surface area contributed by atoms with Gasteiger partial charge in [0.15, 0.2) is 0 Å². The number of amides is 2. The minimum Gasteiger partial charge on any atom is -0.313 e. The molecule has 2 aliphatic heterocycles. The molecular weight excluding hydrogens is 415 g/mol. The number of aromatic nitrogens is 2. The SMILES string of the molecule is O=C(Nc1cc(Cl)c(Br)cc1F)N1[C@H]2CC[C@@H]1c1n[nH]c(=O)cc1C2. The molecular formula is C16H13BrClFN4O2. The molecule has 0 unspecified atom stereocenters. The van der Waals surface area contributed by atoms with Crippen molar-refractivity contribution in [2.75, 3.05) is 5.32 Å². The van der Waals surface area contributed by atoms with Gasteiger partial charge < -0.3 is 10.2 Å². The summed E-state index contributed by atoms with van der Waals surface area (Å²) in [6.07, 6.45) is 2.14. The number of hydrogen-bond donors (Lipinski definition) is 2. The lowest BCUT2D eigenvalue weighted by Crippen LogP contribution is -2.45. The van der Waals surface area contributed by atoms with Gasteiger partial charge in [0.1, 0.15) is 5.82 Å². The molecule has 6 nitrogen and oxygen atoms in total. The Kier molecular flexibility index (Phi) is 4.04. The largest absolute Gasteiger partial charge is 0.322 e. The Bertz CT molecular complexity index is 935. The minimum absolute atomic E-state index is 0.0258. The number of carbonyl (C=O) groups excluding carboxylic acids is 1. The Hall–Kier alpha value is -1.93. The Labute approximate surface area is 155 Å². The van der Waals surface area contributed by atoms with Crippen LogP contribution in [0.2, 0.25) is 5.02 Å². The molecule has 4 rings (SSSR count). The number of halogens is 3. The number of anilines is 1. The van der Waals surface area contributed by atoms with Crippen molar-refractivity contribution in [2.24, 2.45) is 0 Å². The molecule has 0 aliphatic carbocycles. The van der Waals surface area contributed by atoms with Crippen LogP contribution in [0.25, 0.3) is 0 Å². The van der Waals surface area contributed by atoms with E-state index in [1.54, 1.807) is 4.90 Å². The van der Waals surface area contributed by atoms with E-state index < -0.39 is 11.8 Å². The fourth-order valence-electron chi connectivity index (χ4n) is 3.61. The number of nitrogens with one attached hydrogen (secondary N) is 2. The number of carbonyl (C=O) groups is 1. The lowest BCUT2D eigenvalue weighted by molar-refractivity contribution is 0.177. The quantitative estimate of drug-likeness (QED) is 0.682. The molecule has 2 aliphatic rings. The van der Waals surface area contributed by atoms with Gasteiger partial charge in [-0.25, -0.2) is 14.3 Å². The number of benzene rings is 1. The molecule has 1 aromatic carbocycles. The second kappa shape index (κ2) is 6.10. The molecule has 130 valence electrons. The van der Waals surface area contributed by atoms with Gasteiger partial charge in [0, 0.05) is 16.6 Å². The van der Waals surface area contributed by atoms with Crippen LogP contribution in [0, 0.1) is 5.82 Å². The zero-order chi connectivity index (χ0) is 17.7. The number of urea groups is 1. The number of fused-ring (bicyclic) bond motifs is 4. The third-order valence-electron chi connectivity index (χ3n) is 4.68. The first kappa shape index (κ1) is 16.5. The van der Waals surface area contributed by atoms with Crippen LogP contribution in [0.3, 0.4) is 0 Å². The van der Waals surface area contributed by atoms with Crippen molar-refractivity contribution in [1.29, 1.82) is 0 Å². The number of nitrogens with zero attached hydrogens (tertiary/aromatic N) is 2. The van der Waals surface area contributed by atoms with Crippen LogP contribution in [-0.4, -0.2) is 27.2 Å². The molecule has 2 atom stereocenters. The molecule has 0 spiro atoms. The lowest BCUT2D eigenvalue weighted by Gasteiger charge is -2.35. The van der Waals surface area contributed by atoms with Crippen LogP contribution in [-0.2, 0) is 6.42 Å². The molecule has 1 aromatic heterocycles. The molecule has 2 aromatic rings. The van der Waals surface area contributed by atoms with E-state index in [-0.39, 0.29) is 23.3 Å². The average molecular weight is 428 g/mol. The lowest BCUT2D eigenvalue weighted by atomic mass is 9.99. The molecule has 9 heteroatoms. The summed E-state index contributed by atoms with van der Waals surface area (Å²) in [5, 5.41) is 9.45. The van der Waals surface area contributed by atoms with Gasteiger partial charge in [-0.2, -0.15) is 5.10 Å². The van der Waals surface area contributed by atoms with Crippen molar-refractivity contribution in [1.82, 2.24) is 15.1 Å². The maximum Gasteiger partial charge on any atom is 0.322 e. The number of aromatic amines is 1. The molecule has 2 bridgehead atoms. The summed E-state index contributed by atoms with van der Waals surface area (Å²) in [4.78, 5) is 25.9. The van der Waals surface area contributed by atoms with Gasteiger partial charge >= 0.3 is 6.03 Å². The van der Waals surface area contributed by atoms with E-state index in [1.165, 1.54) is 18.2 Å². The topological polar surface area (TPSA) is 78.1 Å². The van der Waals surface area contributed by atoms with E-state index in [4.69, 9.17) is 11.6 Å². The van der Waals surface area contributed by atoms with Crippen LogP contribution in [0.1, 0.15) is 30.1 Å². The minimum atomic E-state index is -0.572. The third kappa shape index (κ3) is 2.83. The van der Waals surface area contributed by atoms with E-state index in [9.17, 15) is 14.0 Å². The molecule has 1 saturated heterocycles. The predicted molar refractivity (Wildman–Crippen MR) is 94.3 cm³/mol. The van der Waals surface area contributed by atoms with E-state index in [2.05, 4.69) is 31.4 Å². The molecule has 2 N–H and O–H groups in total. The van der Waals surface area contributed by atoms with E-state index in [1.807, 2.05) is 0 Å². The molecule has 2 amide bonds. The van der Waals surface area contributed by atoms with Crippen LogP contribution in [0.15, 0.2) is 27.5 Å². The summed E-state index contributed by atoms with van der Waals surface area (Å²) in [5.74, 6) is -0.572. The highest BCUT2D eigenvalue weighted by Gasteiger charge is 2.44. The second-order valence-corrected chi connectivity index (χ2v) is 7.44. The maximum absolute atomic E-state index is 14.1. The first-order valence-electron chi connectivity index (χ1n) is 7.76. The highest BCUT2D eigenvalue weighted by atomic mass is 79.9. The fraction of sp³-hybridized carbons (Fsp3) is 0.312. The van der Waals surface area contributed by atoms with Gasteiger partial charge in [-0.3, -0.25) is 4.79 Å². The summed E-state index contributed by atoms with van der Waals surface area (Å²) in [5.41, 5.74) is 1.36. The van der Waals surface area contributed by atoms with Crippen molar-refractivity contribution in [3.05, 3.63) is 55.1 Å². The van der Waals surface area contributed by atoms with Gasteiger partial charge in [-0.1, -0.05) is 11.6 Å². The van der Waals surface area contributed by atoms with Gasteiger partial charge in [0.05, 0.1) is 22.4 Å². The van der Waals surface area contributed by atoms with E-state index in [0.717, 1.165) is 18.4 Å². The van der Waals surface area contributed by atoms with Crippen molar-refractivity contribution in [3.8, 4) is 0 Å². The maximum atomic E-state index is 14.1. The standard InChI is InChI=1S/C16H13BrClFN4O2/c17-9-5-11(19)12(6-10(9)18)20-16(25)23-8-1-2-13(23)15-7(3-8)4-14(24)21-22-15/h4-6,8,13H,1-3H2,(H,20,25)(H,21,24)/t8-,13+/m0/s1. The van der Waals surface area contributed by atoms with Crippen molar-refractivity contribution in [2.45, 2.75) is 31.3 Å². The Morgan fingerprint density at radius 1 is 1.40 bits per heavy atom.